The first-order chi connectivity index (χ1) is 18.5. The Labute approximate surface area is 221 Å². The van der Waals surface area contributed by atoms with Crippen molar-refractivity contribution in [1.82, 2.24) is 9.88 Å². The van der Waals surface area contributed by atoms with E-state index in [9.17, 15) is 9.59 Å². The zero-order valence-corrected chi connectivity index (χ0v) is 21.2. The molecule has 2 heterocycles. The van der Waals surface area contributed by atoms with Crippen LogP contribution in [0.15, 0.2) is 83.5 Å². The molecule has 1 aliphatic carbocycles. The van der Waals surface area contributed by atoms with Crippen molar-refractivity contribution in [1.29, 1.82) is 0 Å². The Morgan fingerprint density at radius 3 is 2.61 bits per heavy atom. The third-order valence-electron chi connectivity index (χ3n) is 7.13. The van der Waals surface area contributed by atoms with Gasteiger partial charge in [0.25, 0.3) is 5.91 Å². The van der Waals surface area contributed by atoms with Crippen molar-refractivity contribution in [3.05, 3.63) is 113 Å². The minimum absolute atomic E-state index is 0.0807. The number of amides is 2. The maximum atomic E-state index is 13.2. The molecular weight excluding hydrogens is 478 g/mol. The van der Waals surface area contributed by atoms with Gasteiger partial charge in [-0.1, -0.05) is 54.1 Å². The SMILES string of the molecule is Cc1ccc(C2c3cc(OCc4nc(C(=O)Nc5ccccc5)co4)ccc3CCN2C(=O)C2CC2)cc1. The number of carbonyl (C=O) groups excluding carboxylic acids is 2. The highest BCUT2D eigenvalue weighted by Crippen LogP contribution is 2.41. The van der Waals surface area contributed by atoms with E-state index in [1.165, 1.54) is 17.4 Å². The molecule has 2 aliphatic rings. The smallest absolute Gasteiger partial charge is 0.277 e. The monoisotopic (exact) mass is 507 g/mol. The second kappa shape index (κ2) is 10.2. The van der Waals surface area contributed by atoms with Gasteiger partial charge in [-0.2, -0.15) is 0 Å². The molecule has 6 rings (SSSR count). The quantitative estimate of drug-likeness (QED) is 0.347. The van der Waals surface area contributed by atoms with Gasteiger partial charge in [-0.25, -0.2) is 4.98 Å². The Bertz CT molecular complexity index is 1460. The first-order valence-electron chi connectivity index (χ1n) is 13.0. The minimum atomic E-state index is -0.346. The summed E-state index contributed by atoms with van der Waals surface area (Å²) in [4.78, 5) is 32.0. The van der Waals surface area contributed by atoms with Gasteiger partial charge in [0.05, 0.1) is 6.04 Å². The maximum Gasteiger partial charge on any atom is 0.277 e. The Hall–Kier alpha value is -4.39. The van der Waals surface area contributed by atoms with E-state index in [2.05, 4.69) is 47.6 Å². The summed E-state index contributed by atoms with van der Waals surface area (Å²) < 4.78 is 11.5. The maximum absolute atomic E-state index is 13.2. The number of hydrogen-bond donors (Lipinski definition) is 1. The summed E-state index contributed by atoms with van der Waals surface area (Å²) in [5.74, 6) is 1.02. The fraction of sp³-hybridized carbons (Fsp3) is 0.258. The molecule has 7 heteroatoms. The molecule has 2 amide bonds. The number of ether oxygens (including phenoxy) is 1. The van der Waals surface area contributed by atoms with E-state index in [-0.39, 0.29) is 36.1 Å². The third kappa shape index (κ3) is 5.05. The topological polar surface area (TPSA) is 84.7 Å². The van der Waals surface area contributed by atoms with Gasteiger partial charge in [-0.15, -0.1) is 0 Å². The van der Waals surface area contributed by atoms with Gasteiger partial charge in [0.2, 0.25) is 11.8 Å². The number of nitrogens with one attached hydrogen (secondary N) is 1. The summed E-state index contributed by atoms with van der Waals surface area (Å²) in [5, 5.41) is 2.79. The second-order valence-corrected chi connectivity index (χ2v) is 9.97. The zero-order chi connectivity index (χ0) is 26.1. The van der Waals surface area contributed by atoms with Crippen LogP contribution in [0.3, 0.4) is 0 Å². The van der Waals surface area contributed by atoms with Crippen molar-refractivity contribution < 1.29 is 18.7 Å². The molecule has 0 spiro atoms. The molecule has 3 aromatic carbocycles. The molecule has 1 aliphatic heterocycles. The number of carbonyl (C=O) groups is 2. The normalized spacial score (nSPS) is 16.6. The van der Waals surface area contributed by atoms with Gasteiger partial charge >= 0.3 is 0 Å². The zero-order valence-electron chi connectivity index (χ0n) is 21.2. The van der Waals surface area contributed by atoms with E-state index >= 15 is 0 Å². The summed E-state index contributed by atoms with van der Waals surface area (Å²) in [6, 6.07) is 23.5. The summed E-state index contributed by atoms with van der Waals surface area (Å²) in [6.45, 7) is 2.86. The predicted octanol–water partition coefficient (Wildman–Crippen LogP) is 5.70. The van der Waals surface area contributed by atoms with Gasteiger partial charge in [-0.3, -0.25) is 9.59 Å². The first kappa shape index (κ1) is 24.0. The predicted molar refractivity (Wildman–Crippen MR) is 143 cm³/mol. The lowest BCUT2D eigenvalue weighted by Crippen LogP contribution is -2.41. The van der Waals surface area contributed by atoms with E-state index in [1.807, 2.05) is 35.2 Å². The Morgan fingerprint density at radius 2 is 1.84 bits per heavy atom. The molecular formula is C31H29N3O4. The van der Waals surface area contributed by atoms with E-state index in [0.717, 1.165) is 30.4 Å². The average molecular weight is 508 g/mol. The Kier molecular flexibility index (Phi) is 6.42. The van der Waals surface area contributed by atoms with Crippen LogP contribution in [-0.4, -0.2) is 28.2 Å². The highest BCUT2D eigenvalue weighted by atomic mass is 16.5. The van der Waals surface area contributed by atoms with E-state index < -0.39 is 0 Å². The van der Waals surface area contributed by atoms with Gasteiger partial charge in [0.15, 0.2) is 12.3 Å². The summed E-state index contributed by atoms with van der Waals surface area (Å²) >= 11 is 0. The van der Waals surface area contributed by atoms with Crippen LogP contribution in [-0.2, 0) is 17.8 Å². The number of nitrogens with zero attached hydrogens (tertiary/aromatic N) is 2. The molecule has 1 aromatic heterocycles. The number of oxazole rings is 1. The molecule has 7 nitrogen and oxygen atoms in total. The van der Waals surface area contributed by atoms with Crippen molar-refractivity contribution in [2.45, 2.75) is 38.8 Å². The van der Waals surface area contributed by atoms with Crippen LogP contribution >= 0.6 is 0 Å². The third-order valence-corrected chi connectivity index (χ3v) is 7.13. The fourth-order valence-corrected chi connectivity index (χ4v) is 4.94. The number of rotatable bonds is 7. The van der Waals surface area contributed by atoms with Gasteiger partial charge in [0, 0.05) is 18.2 Å². The van der Waals surface area contributed by atoms with Gasteiger partial charge in [-0.05, 0) is 67.1 Å². The molecule has 1 N–H and O–H groups in total. The minimum Gasteiger partial charge on any atom is -0.484 e. The van der Waals surface area contributed by atoms with Crippen molar-refractivity contribution in [3.8, 4) is 5.75 Å². The molecule has 0 radical (unpaired) electrons. The standard InChI is InChI=1S/C31H29N3O4/c1-20-7-9-22(10-8-20)29-26-17-25(14-13-21(26)15-16-34(29)31(36)23-11-12-23)37-19-28-33-27(18-38-28)30(35)32-24-5-3-2-4-6-24/h2-10,13-14,17-18,23,29H,11-12,15-16,19H2,1H3,(H,32,35). The molecule has 1 unspecified atom stereocenters. The van der Waals surface area contributed by atoms with Crippen LogP contribution in [0.25, 0.3) is 0 Å². The van der Waals surface area contributed by atoms with Crippen molar-refractivity contribution in [3.63, 3.8) is 0 Å². The second-order valence-electron chi connectivity index (χ2n) is 9.97. The number of aryl methyl sites for hydroxylation is 1. The molecule has 38 heavy (non-hydrogen) atoms. The molecule has 1 atom stereocenters. The van der Waals surface area contributed by atoms with Crippen LogP contribution in [0.1, 0.15) is 57.5 Å². The molecule has 0 bridgehead atoms. The van der Waals surface area contributed by atoms with Crippen LogP contribution in [0, 0.1) is 12.8 Å². The van der Waals surface area contributed by atoms with Crippen molar-refractivity contribution in [2.75, 3.05) is 11.9 Å². The molecule has 1 saturated carbocycles. The number of para-hydroxylation sites is 1. The highest BCUT2D eigenvalue weighted by molar-refractivity contribution is 6.02. The number of fused-ring (bicyclic) bond motifs is 1. The van der Waals surface area contributed by atoms with E-state index in [0.29, 0.717) is 23.9 Å². The number of anilines is 1. The molecule has 192 valence electrons. The number of benzene rings is 3. The van der Waals surface area contributed by atoms with Crippen LogP contribution in [0.4, 0.5) is 5.69 Å². The van der Waals surface area contributed by atoms with Crippen LogP contribution in [0.5, 0.6) is 5.75 Å². The molecule has 1 fully saturated rings. The van der Waals surface area contributed by atoms with E-state index in [4.69, 9.17) is 9.15 Å². The average Bonchev–Trinajstić information content (AvgIpc) is 3.69. The Morgan fingerprint density at radius 1 is 1.05 bits per heavy atom. The number of hydrogen-bond acceptors (Lipinski definition) is 5. The Balaban J connectivity index is 1.20. The van der Waals surface area contributed by atoms with Gasteiger partial charge < -0.3 is 19.4 Å². The number of aromatic nitrogens is 1. The lowest BCUT2D eigenvalue weighted by molar-refractivity contribution is -0.134. The lowest BCUT2D eigenvalue weighted by Gasteiger charge is -2.38. The molecule has 0 saturated heterocycles. The summed E-state index contributed by atoms with van der Waals surface area (Å²) in [5.41, 5.74) is 5.46. The van der Waals surface area contributed by atoms with Crippen molar-refractivity contribution >= 4 is 17.5 Å². The van der Waals surface area contributed by atoms with Gasteiger partial charge in [0.1, 0.15) is 12.0 Å². The lowest BCUT2D eigenvalue weighted by atomic mass is 9.87. The fourth-order valence-electron chi connectivity index (χ4n) is 4.94. The largest absolute Gasteiger partial charge is 0.484 e. The first-order valence-corrected chi connectivity index (χ1v) is 13.0. The summed E-state index contributed by atoms with van der Waals surface area (Å²) in [6.07, 6.45) is 4.11. The van der Waals surface area contributed by atoms with Crippen molar-refractivity contribution in [2.24, 2.45) is 5.92 Å². The molecule has 4 aromatic rings. The van der Waals surface area contributed by atoms with Crippen LogP contribution in [0.2, 0.25) is 0 Å². The van der Waals surface area contributed by atoms with Crippen LogP contribution < -0.4 is 10.1 Å². The van der Waals surface area contributed by atoms with E-state index in [1.54, 1.807) is 12.1 Å². The highest BCUT2D eigenvalue weighted by Gasteiger charge is 2.39. The summed E-state index contributed by atoms with van der Waals surface area (Å²) in [7, 11) is 0.